The highest BCUT2D eigenvalue weighted by molar-refractivity contribution is 6.30. The Morgan fingerprint density at radius 3 is 2.67 bits per heavy atom. The Balaban J connectivity index is 1.44. The lowest BCUT2D eigenvalue weighted by molar-refractivity contribution is 0.0342. The van der Waals surface area contributed by atoms with Crippen LogP contribution >= 0.6 is 11.6 Å². The summed E-state index contributed by atoms with van der Waals surface area (Å²) in [5, 5.41) is 10.9. The molecule has 2 aliphatic rings. The maximum absolute atomic E-state index is 13.6. The third-order valence-corrected chi connectivity index (χ3v) is 7.12. The molecule has 10 nitrogen and oxygen atoms in total. The summed E-state index contributed by atoms with van der Waals surface area (Å²) in [6.45, 7) is 4.10. The lowest BCUT2D eigenvalue weighted by Crippen LogP contribution is -2.35. The van der Waals surface area contributed by atoms with E-state index in [0.29, 0.717) is 60.7 Å². The van der Waals surface area contributed by atoms with Gasteiger partial charge in [-0.2, -0.15) is 5.10 Å². The quantitative estimate of drug-likeness (QED) is 0.425. The van der Waals surface area contributed by atoms with Gasteiger partial charge in [-0.25, -0.2) is 4.79 Å². The van der Waals surface area contributed by atoms with Gasteiger partial charge in [0.2, 0.25) is 5.43 Å². The molecule has 11 heteroatoms. The number of aromatic nitrogens is 2. The Kier molecular flexibility index (Phi) is 8.65. The zero-order chi connectivity index (χ0) is 28.1. The number of hydrogen-bond donors (Lipinski definition) is 2. The average Bonchev–Trinajstić information content (AvgIpc) is 3.37. The van der Waals surface area contributed by atoms with E-state index in [1.165, 1.54) is 0 Å². The molecule has 0 spiro atoms. The van der Waals surface area contributed by atoms with Crippen LogP contribution in [0.3, 0.4) is 0 Å². The number of nitrogens with one attached hydrogen (secondary N) is 2. The summed E-state index contributed by atoms with van der Waals surface area (Å²) < 4.78 is 12.0. The van der Waals surface area contributed by atoms with E-state index < -0.39 is 17.4 Å². The van der Waals surface area contributed by atoms with Crippen molar-refractivity contribution in [2.45, 2.75) is 32.0 Å². The Morgan fingerprint density at radius 1 is 1.18 bits per heavy atom. The zero-order valence-corrected chi connectivity index (χ0v) is 22.9. The molecule has 5 rings (SSSR count). The van der Waals surface area contributed by atoms with Gasteiger partial charge in [-0.3, -0.25) is 19.2 Å². The van der Waals surface area contributed by atoms with Crippen LogP contribution in [0.15, 0.2) is 41.2 Å². The van der Waals surface area contributed by atoms with Crippen LogP contribution in [0, 0.1) is 11.8 Å². The van der Waals surface area contributed by atoms with Crippen molar-refractivity contribution >= 4 is 34.5 Å². The molecular formula is C29H30ClN5O5. The fourth-order valence-corrected chi connectivity index (χ4v) is 4.92. The van der Waals surface area contributed by atoms with Crippen molar-refractivity contribution in [1.82, 2.24) is 25.3 Å². The summed E-state index contributed by atoms with van der Waals surface area (Å²) in [4.78, 5) is 40.2. The number of cyclic esters (lactones) is 1. The van der Waals surface area contributed by atoms with E-state index in [-0.39, 0.29) is 18.3 Å². The van der Waals surface area contributed by atoms with Gasteiger partial charge in [0.15, 0.2) is 5.69 Å². The molecule has 208 valence electrons. The van der Waals surface area contributed by atoms with Crippen LogP contribution in [0.25, 0.3) is 10.9 Å². The monoisotopic (exact) mass is 563 g/mol. The number of benzene rings is 2. The van der Waals surface area contributed by atoms with E-state index in [0.717, 1.165) is 24.2 Å². The SMILES string of the molecule is Cn1nc(C(=O)NCc2ccc(Cl)cc2)c(=O)c2cc(CN3CCOCC3)cc(C#CCC[C@H]3COC(=O)N3)c21. The lowest BCUT2D eigenvalue weighted by atomic mass is 10.0. The smallest absolute Gasteiger partial charge is 0.407 e. The van der Waals surface area contributed by atoms with Crippen LogP contribution in [0.5, 0.6) is 0 Å². The van der Waals surface area contributed by atoms with Crippen LogP contribution in [0.2, 0.25) is 5.02 Å². The van der Waals surface area contributed by atoms with Gasteiger partial charge in [0.1, 0.15) is 6.61 Å². The fourth-order valence-electron chi connectivity index (χ4n) is 4.80. The summed E-state index contributed by atoms with van der Waals surface area (Å²) in [7, 11) is 1.70. The number of halogens is 1. The maximum atomic E-state index is 13.6. The van der Waals surface area contributed by atoms with Crippen molar-refractivity contribution in [3.63, 3.8) is 0 Å². The van der Waals surface area contributed by atoms with Gasteiger partial charge in [0, 0.05) is 44.7 Å². The Bertz CT molecular complexity index is 1540. The second-order valence-corrected chi connectivity index (χ2v) is 10.3. The first-order valence-corrected chi connectivity index (χ1v) is 13.5. The molecule has 2 fully saturated rings. The second kappa shape index (κ2) is 12.5. The molecule has 0 saturated carbocycles. The average molecular weight is 564 g/mol. The van der Waals surface area contributed by atoms with Crippen molar-refractivity contribution in [2.24, 2.45) is 7.05 Å². The first-order chi connectivity index (χ1) is 19.4. The highest BCUT2D eigenvalue weighted by Crippen LogP contribution is 2.20. The predicted molar refractivity (Wildman–Crippen MR) is 150 cm³/mol. The van der Waals surface area contributed by atoms with E-state index in [2.05, 4.69) is 32.5 Å². The molecule has 2 N–H and O–H groups in total. The van der Waals surface area contributed by atoms with Gasteiger partial charge in [0.25, 0.3) is 5.91 Å². The van der Waals surface area contributed by atoms with Crippen molar-refractivity contribution in [3.05, 3.63) is 74.0 Å². The minimum absolute atomic E-state index is 0.0637. The third kappa shape index (κ3) is 6.62. The first kappa shape index (κ1) is 27.6. The topological polar surface area (TPSA) is 115 Å². The summed E-state index contributed by atoms with van der Waals surface area (Å²) in [6, 6.07) is 10.9. The molecule has 1 aromatic heterocycles. The molecule has 3 aromatic rings. The predicted octanol–water partition coefficient (Wildman–Crippen LogP) is 2.59. The van der Waals surface area contributed by atoms with Gasteiger partial charge in [-0.15, -0.1) is 0 Å². The van der Waals surface area contributed by atoms with E-state index in [1.807, 2.05) is 24.3 Å². The number of fused-ring (bicyclic) bond motifs is 1. The number of hydrogen-bond acceptors (Lipinski definition) is 7. The molecule has 0 aliphatic carbocycles. The molecule has 2 saturated heterocycles. The fraction of sp³-hybridized carbons (Fsp3) is 0.379. The van der Waals surface area contributed by atoms with E-state index >= 15 is 0 Å². The molecule has 3 heterocycles. The molecule has 0 bridgehead atoms. The third-order valence-electron chi connectivity index (χ3n) is 6.87. The number of amides is 2. The zero-order valence-electron chi connectivity index (χ0n) is 22.2. The first-order valence-electron chi connectivity index (χ1n) is 13.2. The summed E-state index contributed by atoms with van der Waals surface area (Å²) in [5.74, 6) is 5.83. The number of alkyl carbamates (subject to hydrolysis) is 1. The second-order valence-electron chi connectivity index (χ2n) is 9.82. The maximum Gasteiger partial charge on any atom is 0.407 e. The number of ether oxygens (including phenoxy) is 2. The van der Waals surface area contributed by atoms with E-state index in [4.69, 9.17) is 21.1 Å². The summed E-state index contributed by atoms with van der Waals surface area (Å²) >= 11 is 5.95. The number of aryl methyl sites for hydroxylation is 1. The van der Waals surface area contributed by atoms with Gasteiger partial charge in [-0.05, 0) is 41.8 Å². The van der Waals surface area contributed by atoms with Crippen LogP contribution < -0.4 is 16.1 Å². The molecule has 0 unspecified atom stereocenters. The Hall–Kier alpha value is -3.91. The van der Waals surface area contributed by atoms with Crippen LogP contribution in [0.4, 0.5) is 4.79 Å². The summed E-state index contributed by atoms with van der Waals surface area (Å²) in [5.41, 5.74) is 2.38. The molecular weight excluding hydrogens is 534 g/mol. The van der Waals surface area contributed by atoms with Crippen LogP contribution in [-0.2, 0) is 29.6 Å². The van der Waals surface area contributed by atoms with Crippen LogP contribution in [-0.4, -0.2) is 65.6 Å². The molecule has 2 amide bonds. The number of carbonyl (C=O) groups is 2. The van der Waals surface area contributed by atoms with Gasteiger partial charge in [-0.1, -0.05) is 35.6 Å². The van der Waals surface area contributed by atoms with Gasteiger partial charge < -0.3 is 20.1 Å². The standard InChI is InChI=1S/C29H30ClN5O5/c1-34-26-21(4-2-3-5-23-18-40-29(38)32-23)14-20(17-35-10-12-39-13-11-35)15-24(26)27(36)25(33-34)28(37)31-16-19-6-8-22(30)9-7-19/h6-9,14-15,23H,3,5,10-13,16-18H2,1H3,(H,31,37)(H,32,38)/t23-/m0/s1. The molecule has 2 aliphatic heterocycles. The highest BCUT2D eigenvalue weighted by Gasteiger charge is 2.22. The molecule has 40 heavy (non-hydrogen) atoms. The Labute approximate surface area is 236 Å². The minimum Gasteiger partial charge on any atom is -0.447 e. The molecule has 1 atom stereocenters. The lowest BCUT2D eigenvalue weighted by Gasteiger charge is -2.26. The van der Waals surface area contributed by atoms with Gasteiger partial charge >= 0.3 is 6.09 Å². The normalized spacial score (nSPS) is 17.1. The van der Waals surface area contributed by atoms with Crippen molar-refractivity contribution in [3.8, 4) is 11.8 Å². The van der Waals surface area contributed by atoms with E-state index in [1.54, 1.807) is 23.9 Å². The molecule has 0 radical (unpaired) electrons. The number of nitrogens with zero attached hydrogens (tertiary/aromatic N) is 3. The number of rotatable bonds is 7. The van der Waals surface area contributed by atoms with Crippen molar-refractivity contribution < 1.29 is 19.1 Å². The van der Waals surface area contributed by atoms with E-state index in [9.17, 15) is 14.4 Å². The minimum atomic E-state index is -0.551. The molecule has 2 aromatic carbocycles. The van der Waals surface area contributed by atoms with Gasteiger partial charge in [0.05, 0.1) is 35.7 Å². The van der Waals surface area contributed by atoms with Crippen molar-refractivity contribution in [2.75, 3.05) is 32.9 Å². The Morgan fingerprint density at radius 2 is 1.95 bits per heavy atom. The van der Waals surface area contributed by atoms with Crippen molar-refractivity contribution in [1.29, 1.82) is 0 Å². The summed E-state index contributed by atoms with van der Waals surface area (Å²) in [6.07, 6.45) is 0.781. The van der Waals surface area contributed by atoms with Crippen LogP contribution in [0.1, 0.15) is 40.0 Å². The number of carbonyl (C=O) groups excluding carboxylic acids is 2. The largest absolute Gasteiger partial charge is 0.447 e. The number of morpholine rings is 1. The highest BCUT2D eigenvalue weighted by atomic mass is 35.5.